The molecule has 1 aliphatic heterocycles. The van der Waals surface area contributed by atoms with E-state index in [0.717, 1.165) is 0 Å². The number of amidine groups is 1. The van der Waals surface area contributed by atoms with Crippen molar-refractivity contribution in [2.45, 2.75) is 17.6 Å². The van der Waals surface area contributed by atoms with Crippen molar-refractivity contribution in [3.8, 4) is 0 Å². The molecule has 0 fully saturated rings. The lowest BCUT2D eigenvalue weighted by molar-refractivity contribution is -0.0480. The summed E-state index contributed by atoms with van der Waals surface area (Å²) < 4.78 is 66.7. The van der Waals surface area contributed by atoms with Gasteiger partial charge in [-0.05, 0) is 11.1 Å². The maximum Gasteiger partial charge on any atom is 0.516 e. The van der Waals surface area contributed by atoms with Crippen molar-refractivity contribution in [2.75, 3.05) is 0 Å². The SMILES string of the molecule is O=S(=O)(N1C(C2C=CC=C2)=N[C@H](c2ccccc2)[C@H]1c1ccccc1)C(F)(F)F. The Hall–Kier alpha value is -2.87. The fraction of sp³-hybridized carbons (Fsp3) is 0.190. The Kier molecular flexibility index (Phi) is 4.82. The number of alkyl halides is 3. The van der Waals surface area contributed by atoms with Crippen LogP contribution in [-0.2, 0) is 10.0 Å². The second-order valence-corrected chi connectivity index (χ2v) is 8.55. The normalized spacial score (nSPS) is 22.3. The van der Waals surface area contributed by atoms with E-state index in [0.29, 0.717) is 15.4 Å². The minimum Gasteiger partial charge on any atom is -0.260 e. The van der Waals surface area contributed by atoms with Gasteiger partial charge < -0.3 is 0 Å². The summed E-state index contributed by atoms with van der Waals surface area (Å²) in [5.41, 5.74) is -4.36. The molecule has 1 aliphatic carbocycles. The number of nitrogens with zero attached hydrogens (tertiary/aromatic N) is 2. The van der Waals surface area contributed by atoms with Crippen LogP contribution >= 0.6 is 0 Å². The zero-order valence-electron chi connectivity index (χ0n) is 15.1. The number of aliphatic imine (C=N–C) groups is 1. The summed E-state index contributed by atoms with van der Waals surface area (Å²) in [6.07, 6.45) is 6.60. The molecule has 0 radical (unpaired) electrons. The van der Waals surface area contributed by atoms with Crippen LogP contribution in [0.25, 0.3) is 0 Å². The molecule has 150 valence electrons. The fourth-order valence-electron chi connectivity index (χ4n) is 3.64. The van der Waals surface area contributed by atoms with Gasteiger partial charge in [-0.1, -0.05) is 85.0 Å². The maximum atomic E-state index is 13.6. The van der Waals surface area contributed by atoms with Gasteiger partial charge in [0, 0.05) is 0 Å². The second kappa shape index (κ2) is 7.18. The summed E-state index contributed by atoms with van der Waals surface area (Å²) in [4.78, 5) is 4.52. The fourth-order valence-corrected chi connectivity index (χ4v) is 4.81. The van der Waals surface area contributed by atoms with Crippen LogP contribution in [0, 0.1) is 5.92 Å². The van der Waals surface area contributed by atoms with Gasteiger partial charge in [0.05, 0.1) is 12.0 Å². The lowest BCUT2D eigenvalue weighted by Crippen LogP contribution is -2.46. The molecular weight excluding hydrogens is 401 g/mol. The van der Waals surface area contributed by atoms with Gasteiger partial charge in [-0.3, -0.25) is 4.99 Å². The first kappa shape index (κ1) is 19.4. The van der Waals surface area contributed by atoms with E-state index in [4.69, 9.17) is 0 Å². The summed E-state index contributed by atoms with van der Waals surface area (Å²) in [6, 6.07) is 15.2. The van der Waals surface area contributed by atoms with E-state index in [1.807, 2.05) is 0 Å². The summed E-state index contributed by atoms with van der Waals surface area (Å²) in [7, 11) is -5.67. The first-order valence-electron chi connectivity index (χ1n) is 8.94. The average Bonchev–Trinajstić information content (AvgIpc) is 3.36. The topological polar surface area (TPSA) is 49.7 Å². The van der Waals surface area contributed by atoms with Crippen molar-refractivity contribution in [3.63, 3.8) is 0 Å². The zero-order chi connectivity index (χ0) is 20.6. The zero-order valence-corrected chi connectivity index (χ0v) is 15.9. The molecule has 0 spiro atoms. The maximum absolute atomic E-state index is 13.6. The highest BCUT2D eigenvalue weighted by molar-refractivity contribution is 7.90. The Bertz CT molecular complexity index is 1070. The molecular formula is C21H17F3N2O2S. The highest BCUT2D eigenvalue weighted by Gasteiger charge is 2.57. The molecule has 2 atom stereocenters. The van der Waals surface area contributed by atoms with Crippen molar-refractivity contribution in [1.29, 1.82) is 0 Å². The van der Waals surface area contributed by atoms with Crippen LogP contribution in [0.5, 0.6) is 0 Å². The molecule has 0 N–H and O–H groups in total. The number of hydrogen-bond donors (Lipinski definition) is 0. The number of halogens is 3. The first-order chi connectivity index (χ1) is 13.8. The molecule has 0 bridgehead atoms. The molecule has 2 aromatic carbocycles. The predicted octanol–water partition coefficient (Wildman–Crippen LogP) is 4.77. The van der Waals surface area contributed by atoms with Gasteiger partial charge in [0.2, 0.25) is 0 Å². The van der Waals surface area contributed by atoms with Crippen molar-refractivity contribution < 1.29 is 21.6 Å². The Balaban J connectivity index is 1.94. The third kappa shape index (κ3) is 3.37. The monoisotopic (exact) mass is 418 g/mol. The molecule has 2 aromatic rings. The molecule has 0 saturated carbocycles. The number of hydrogen-bond acceptors (Lipinski definition) is 3. The van der Waals surface area contributed by atoms with Gasteiger partial charge in [0.25, 0.3) is 0 Å². The minimum absolute atomic E-state index is 0.130. The third-order valence-corrected chi connectivity index (χ3v) is 6.45. The molecule has 0 unspecified atom stereocenters. The molecule has 2 aliphatic rings. The van der Waals surface area contributed by atoms with Gasteiger partial charge in [-0.25, -0.2) is 4.31 Å². The van der Waals surface area contributed by atoms with Crippen LogP contribution in [0.1, 0.15) is 23.2 Å². The van der Waals surface area contributed by atoms with Crippen molar-refractivity contribution >= 4 is 15.9 Å². The van der Waals surface area contributed by atoms with Crippen LogP contribution in [0.4, 0.5) is 13.2 Å². The molecule has 4 rings (SSSR count). The van der Waals surface area contributed by atoms with E-state index in [1.165, 1.54) is 0 Å². The quantitative estimate of drug-likeness (QED) is 0.718. The van der Waals surface area contributed by atoms with E-state index in [9.17, 15) is 21.6 Å². The summed E-state index contributed by atoms with van der Waals surface area (Å²) in [5.74, 6) is -0.776. The van der Waals surface area contributed by atoms with Gasteiger partial charge in [-0.2, -0.15) is 21.6 Å². The summed E-state index contributed by atoms with van der Waals surface area (Å²) in [6.45, 7) is 0. The second-order valence-electron chi connectivity index (χ2n) is 6.74. The number of sulfonamides is 1. The van der Waals surface area contributed by atoms with Crippen molar-refractivity contribution in [2.24, 2.45) is 10.9 Å². The minimum atomic E-state index is -5.67. The van der Waals surface area contributed by atoms with Crippen LogP contribution in [0.3, 0.4) is 0 Å². The number of allylic oxidation sites excluding steroid dienone is 2. The van der Waals surface area contributed by atoms with Gasteiger partial charge in [0.1, 0.15) is 11.9 Å². The number of benzene rings is 2. The lowest BCUT2D eigenvalue weighted by Gasteiger charge is -2.31. The Morgan fingerprint density at radius 3 is 1.86 bits per heavy atom. The summed E-state index contributed by atoms with van der Waals surface area (Å²) >= 11 is 0. The summed E-state index contributed by atoms with van der Waals surface area (Å²) in [5, 5.41) is 0. The Morgan fingerprint density at radius 1 is 0.828 bits per heavy atom. The Labute approximate surface area is 166 Å². The van der Waals surface area contributed by atoms with Gasteiger partial charge >= 0.3 is 15.5 Å². The van der Waals surface area contributed by atoms with E-state index >= 15 is 0 Å². The van der Waals surface area contributed by atoms with Gasteiger partial charge in [0.15, 0.2) is 0 Å². The lowest BCUT2D eigenvalue weighted by atomic mass is 9.95. The predicted molar refractivity (Wildman–Crippen MR) is 104 cm³/mol. The molecule has 0 saturated heterocycles. The van der Waals surface area contributed by atoms with Crippen LogP contribution in [-0.4, -0.2) is 24.1 Å². The van der Waals surface area contributed by atoms with Gasteiger partial charge in [-0.15, -0.1) is 0 Å². The standard InChI is InChI=1S/C21H17F3N2O2S/c22-21(23,24)29(27,28)26-19(16-11-5-2-6-12-16)18(15-9-3-1-4-10-15)25-20(26)17-13-7-8-14-17/h1-14,17-19H/t18-,19-/m1/s1. The first-order valence-corrected chi connectivity index (χ1v) is 10.4. The highest BCUT2D eigenvalue weighted by atomic mass is 32.2. The van der Waals surface area contributed by atoms with Crippen LogP contribution in [0.2, 0.25) is 0 Å². The van der Waals surface area contributed by atoms with Crippen molar-refractivity contribution in [1.82, 2.24) is 4.31 Å². The molecule has 8 heteroatoms. The largest absolute Gasteiger partial charge is 0.516 e. The van der Waals surface area contributed by atoms with E-state index in [-0.39, 0.29) is 5.84 Å². The van der Waals surface area contributed by atoms with Crippen LogP contribution < -0.4 is 0 Å². The molecule has 4 nitrogen and oxygen atoms in total. The van der Waals surface area contributed by atoms with Crippen LogP contribution in [0.15, 0.2) is 90.0 Å². The van der Waals surface area contributed by atoms with E-state index in [2.05, 4.69) is 4.99 Å². The molecule has 0 aromatic heterocycles. The molecule has 1 heterocycles. The molecule has 29 heavy (non-hydrogen) atoms. The highest BCUT2D eigenvalue weighted by Crippen LogP contribution is 2.48. The average molecular weight is 418 g/mol. The number of rotatable bonds is 4. The third-order valence-electron chi connectivity index (χ3n) is 4.93. The molecule has 0 amide bonds. The van der Waals surface area contributed by atoms with E-state index < -0.39 is 33.5 Å². The van der Waals surface area contributed by atoms with Crippen molar-refractivity contribution in [3.05, 3.63) is 96.1 Å². The Morgan fingerprint density at radius 2 is 1.34 bits per heavy atom. The smallest absolute Gasteiger partial charge is 0.260 e. The van der Waals surface area contributed by atoms with E-state index in [1.54, 1.807) is 85.0 Å².